The Bertz CT molecular complexity index is 789. The molecule has 0 saturated heterocycles. The number of para-hydroxylation sites is 2. The summed E-state index contributed by atoms with van der Waals surface area (Å²) in [6.07, 6.45) is 0.254. The lowest BCUT2D eigenvalue weighted by Crippen LogP contribution is -2.87. The number of quaternary nitrogens is 1. The van der Waals surface area contributed by atoms with E-state index in [2.05, 4.69) is 6.07 Å². The molecular weight excluding hydrogens is 350 g/mol. The molecule has 1 atom stereocenters. The first-order chi connectivity index (χ1) is 12.6. The normalized spacial score (nSPS) is 11.5. The largest absolute Gasteiger partial charge is 0.495 e. The minimum Gasteiger partial charge on any atom is -0.495 e. The maximum Gasteiger partial charge on any atom is 0.282 e. The van der Waals surface area contributed by atoms with Gasteiger partial charge in [0.2, 0.25) is 0 Å². The molecule has 0 aliphatic rings. The maximum atomic E-state index is 12.8. The molecule has 6 heteroatoms. The van der Waals surface area contributed by atoms with Gasteiger partial charge in [-0.2, -0.15) is 5.26 Å². The maximum absolute atomic E-state index is 12.8. The number of carbonyl (C=O) groups is 1. The van der Waals surface area contributed by atoms with E-state index in [1.165, 1.54) is 0 Å². The lowest BCUT2D eigenvalue weighted by Gasteiger charge is -2.23. The van der Waals surface area contributed by atoms with Crippen LogP contribution >= 0.6 is 11.6 Å². The van der Waals surface area contributed by atoms with Crippen molar-refractivity contribution in [2.75, 3.05) is 25.1 Å². The molecule has 0 aromatic heterocycles. The Hall–Kier alpha value is -2.55. The molecule has 1 amide bonds. The highest BCUT2D eigenvalue weighted by molar-refractivity contribution is 6.31. The number of carbonyl (C=O) groups excluding carboxylic acids is 1. The first-order valence-corrected chi connectivity index (χ1v) is 8.84. The monoisotopic (exact) mass is 372 g/mol. The second kappa shape index (κ2) is 9.81. The predicted octanol–water partition coefficient (Wildman–Crippen LogP) is 2.92. The molecule has 0 fully saturated rings. The van der Waals surface area contributed by atoms with E-state index < -0.39 is 0 Å². The number of halogens is 1. The number of methoxy groups -OCH3 is 1. The lowest BCUT2D eigenvalue weighted by molar-refractivity contribution is -0.682. The quantitative estimate of drug-likeness (QED) is 0.774. The fraction of sp³-hybridized carbons (Fsp3) is 0.300. The second-order valence-electron chi connectivity index (χ2n) is 5.88. The van der Waals surface area contributed by atoms with Crippen LogP contribution in [0.15, 0.2) is 48.5 Å². The number of nitrogens with zero attached hydrogens (tertiary/aromatic N) is 2. The number of rotatable bonds is 8. The van der Waals surface area contributed by atoms with Gasteiger partial charge in [-0.05, 0) is 25.1 Å². The fourth-order valence-corrected chi connectivity index (χ4v) is 3.06. The smallest absolute Gasteiger partial charge is 0.282 e. The van der Waals surface area contributed by atoms with E-state index >= 15 is 0 Å². The Kier molecular flexibility index (Phi) is 7.46. The van der Waals surface area contributed by atoms with Crippen LogP contribution in [0.3, 0.4) is 0 Å². The molecule has 0 radical (unpaired) electrons. The van der Waals surface area contributed by atoms with Gasteiger partial charge in [-0.25, -0.2) is 0 Å². The first-order valence-electron chi connectivity index (χ1n) is 8.46. The van der Waals surface area contributed by atoms with Crippen molar-refractivity contribution >= 4 is 23.2 Å². The van der Waals surface area contributed by atoms with Crippen molar-refractivity contribution in [3.8, 4) is 11.8 Å². The minimum absolute atomic E-state index is 0.0446. The molecule has 0 aliphatic heterocycles. The SMILES string of the molecule is COc1ccccc1N(CCC#N)C(=O)C[NH2+][C@H](C)c1ccccc1Cl. The van der Waals surface area contributed by atoms with Crippen molar-refractivity contribution in [1.29, 1.82) is 5.26 Å². The van der Waals surface area contributed by atoms with Gasteiger partial charge in [0, 0.05) is 17.1 Å². The number of hydrogen-bond acceptors (Lipinski definition) is 3. The molecule has 136 valence electrons. The molecule has 0 unspecified atom stereocenters. The van der Waals surface area contributed by atoms with Crippen LogP contribution in [-0.4, -0.2) is 26.1 Å². The highest BCUT2D eigenvalue weighted by Gasteiger charge is 2.22. The Morgan fingerprint density at radius 2 is 1.96 bits per heavy atom. The van der Waals surface area contributed by atoms with Gasteiger partial charge < -0.3 is 15.0 Å². The summed E-state index contributed by atoms with van der Waals surface area (Å²) in [5, 5.41) is 11.6. The van der Waals surface area contributed by atoms with Crippen LogP contribution in [0.4, 0.5) is 5.69 Å². The molecule has 0 bridgehead atoms. The number of ether oxygens (including phenoxy) is 1. The molecule has 0 aliphatic carbocycles. The van der Waals surface area contributed by atoms with Crippen molar-refractivity contribution in [3.63, 3.8) is 0 Å². The molecule has 0 spiro atoms. The van der Waals surface area contributed by atoms with Crippen molar-refractivity contribution in [1.82, 2.24) is 0 Å². The van der Waals surface area contributed by atoms with Crippen molar-refractivity contribution in [2.24, 2.45) is 0 Å². The van der Waals surface area contributed by atoms with Crippen LogP contribution < -0.4 is 15.0 Å². The van der Waals surface area contributed by atoms with Crippen molar-refractivity contribution in [3.05, 3.63) is 59.1 Å². The third-order valence-corrected chi connectivity index (χ3v) is 4.51. The summed E-state index contributed by atoms with van der Waals surface area (Å²) >= 11 is 6.23. The lowest BCUT2D eigenvalue weighted by atomic mass is 10.1. The average Bonchev–Trinajstić information content (AvgIpc) is 2.67. The van der Waals surface area contributed by atoms with E-state index in [0.717, 1.165) is 5.56 Å². The summed E-state index contributed by atoms with van der Waals surface area (Å²) < 4.78 is 5.36. The Morgan fingerprint density at radius 3 is 2.65 bits per heavy atom. The molecule has 2 N–H and O–H groups in total. The molecule has 2 aromatic carbocycles. The Labute approximate surface area is 159 Å². The van der Waals surface area contributed by atoms with E-state index in [1.54, 1.807) is 18.1 Å². The number of benzene rings is 2. The van der Waals surface area contributed by atoms with E-state index in [1.807, 2.05) is 54.7 Å². The number of hydrogen-bond donors (Lipinski definition) is 1. The summed E-state index contributed by atoms with van der Waals surface area (Å²) in [5.41, 5.74) is 1.66. The van der Waals surface area contributed by atoms with Crippen molar-refractivity contribution in [2.45, 2.75) is 19.4 Å². The summed E-state index contributed by atoms with van der Waals surface area (Å²) in [5.74, 6) is 0.529. The van der Waals surface area contributed by atoms with Crippen LogP contribution in [0, 0.1) is 11.3 Å². The number of anilines is 1. The molecule has 26 heavy (non-hydrogen) atoms. The zero-order chi connectivity index (χ0) is 18.9. The molecule has 2 rings (SSSR count). The summed E-state index contributed by atoms with van der Waals surface area (Å²) in [6.45, 7) is 2.58. The molecule has 5 nitrogen and oxygen atoms in total. The number of nitrogens with two attached hydrogens (primary N) is 1. The van der Waals surface area contributed by atoms with Crippen molar-refractivity contribution < 1.29 is 14.8 Å². The molecule has 2 aromatic rings. The summed E-state index contributed by atoms with van der Waals surface area (Å²) in [6, 6.07) is 17.1. The topological polar surface area (TPSA) is 69.9 Å². The highest BCUT2D eigenvalue weighted by atomic mass is 35.5. The summed E-state index contributed by atoms with van der Waals surface area (Å²) in [4.78, 5) is 14.4. The van der Waals surface area contributed by atoms with E-state index in [-0.39, 0.29) is 24.9 Å². The molecule has 0 saturated carbocycles. The third-order valence-electron chi connectivity index (χ3n) is 4.17. The van der Waals surface area contributed by atoms with E-state index in [9.17, 15) is 4.79 Å². The van der Waals surface area contributed by atoms with E-state index in [0.29, 0.717) is 23.0 Å². The van der Waals surface area contributed by atoms with Gasteiger partial charge in [0.15, 0.2) is 6.54 Å². The second-order valence-corrected chi connectivity index (χ2v) is 6.28. The highest BCUT2D eigenvalue weighted by Crippen LogP contribution is 2.27. The van der Waals surface area contributed by atoms with Crippen LogP contribution in [0.1, 0.15) is 24.9 Å². The summed E-state index contributed by atoms with van der Waals surface area (Å²) in [7, 11) is 1.57. The van der Waals surface area contributed by atoms with Gasteiger partial charge in [0.05, 0.1) is 25.3 Å². The minimum atomic E-state index is -0.0800. The number of amides is 1. The third kappa shape index (κ3) is 4.98. The van der Waals surface area contributed by atoms with Crippen LogP contribution in [0.25, 0.3) is 0 Å². The predicted molar refractivity (Wildman–Crippen MR) is 102 cm³/mol. The Morgan fingerprint density at radius 1 is 1.27 bits per heavy atom. The average molecular weight is 373 g/mol. The number of nitriles is 1. The van der Waals surface area contributed by atoms with Crippen LogP contribution in [0.5, 0.6) is 5.75 Å². The van der Waals surface area contributed by atoms with E-state index in [4.69, 9.17) is 21.6 Å². The van der Waals surface area contributed by atoms with Crippen LogP contribution in [-0.2, 0) is 4.79 Å². The van der Waals surface area contributed by atoms with Crippen LogP contribution in [0.2, 0.25) is 5.02 Å². The van der Waals surface area contributed by atoms with Gasteiger partial charge >= 0.3 is 0 Å². The van der Waals surface area contributed by atoms with Gasteiger partial charge in [-0.1, -0.05) is 41.9 Å². The first kappa shape index (κ1) is 19.8. The Balaban J connectivity index is 2.12. The van der Waals surface area contributed by atoms with Gasteiger partial charge in [0.1, 0.15) is 11.8 Å². The molecular formula is C20H23ClN3O2+. The zero-order valence-corrected chi connectivity index (χ0v) is 15.7. The van der Waals surface area contributed by atoms with Gasteiger partial charge in [-0.15, -0.1) is 0 Å². The van der Waals surface area contributed by atoms with Gasteiger partial charge in [0.25, 0.3) is 5.91 Å². The standard InChI is InChI=1S/C20H22ClN3O2/c1-15(16-8-3-4-9-17(16)21)23-14-20(25)24(13-7-12-22)18-10-5-6-11-19(18)26-2/h3-6,8-11,15,23H,7,13-14H2,1-2H3/p+1/t15-/m1/s1. The molecule has 0 heterocycles. The van der Waals surface area contributed by atoms with Gasteiger partial charge in [-0.3, -0.25) is 4.79 Å². The fourth-order valence-electron chi connectivity index (χ4n) is 2.75. The zero-order valence-electron chi connectivity index (χ0n) is 15.0.